The van der Waals surface area contributed by atoms with Crippen molar-refractivity contribution >= 4 is 92.8 Å². The fraction of sp³-hybridized carbons (Fsp3) is 0.311. The van der Waals surface area contributed by atoms with Gasteiger partial charge in [-0.3, -0.25) is 9.11 Å². The van der Waals surface area contributed by atoms with Crippen LogP contribution in [0.25, 0.3) is 10.8 Å². The number of azo groups is 2. The molecule has 366 valence electrons. The number of aromatic nitrogens is 3. The molecule has 0 atom stereocenters. The van der Waals surface area contributed by atoms with Gasteiger partial charge in [-0.1, -0.05) is 84.7 Å². The Kier molecular flexibility index (Phi) is 22.1. The van der Waals surface area contributed by atoms with Crippen LogP contribution in [0, 0.1) is 13.8 Å². The Morgan fingerprint density at radius 1 is 0.632 bits per heavy atom. The molecule has 1 aromatic heterocycles. The molecule has 0 aliphatic heterocycles. The number of aliphatic hydroxyl groups excluding tert-OH is 1. The highest BCUT2D eigenvalue weighted by Crippen LogP contribution is 2.37. The van der Waals surface area contributed by atoms with Gasteiger partial charge in [-0.25, -0.2) is 12.6 Å². The first-order valence-electron chi connectivity index (χ1n) is 21.4. The smallest absolute Gasteiger partial charge is 0.395 e. The van der Waals surface area contributed by atoms with Gasteiger partial charge < -0.3 is 21.1 Å². The monoisotopic (exact) mass is 994 g/mol. The van der Waals surface area contributed by atoms with Crippen LogP contribution in [0.5, 0.6) is 0 Å². The SMILES string of the molecule is CC.CCC.CCC.Cc1nc(Nc2ccc(N=Nc3ccc4ccccc4c3)c(C)c2)nc(Nc2cc(NCCO)c(S(=O)(=O)O)cc2N=Nc2ccc(S(=O)(=O)CCOS(=O)(=O)O)cc2)n1. The van der Waals surface area contributed by atoms with Crippen LogP contribution in [-0.4, -0.2) is 79.9 Å². The molecule has 23 heteroatoms. The number of benzene rings is 5. The second-order valence-electron chi connectivity index (χ2n) is 14.2. The number of nitrogens with one attached hydrogen (secondary N) is 3. The van der Waals surface area contributed by atoms with E-state index < -0.39 is 47.6 Å². The highest BCUT2D eigenvalue weighted by molar-refractivity contribution is 7.91. The Morgan fingerprint density at radius 3 is 1.82 bits per heavy atom. The number of nitrogens with zero attached hydrogens (tertiary/aromatic N) is 7. The molecule has 0 fully saturated rings. The molecule has 0 spiro atoms. The van der Waals surface area contributed by atoms with Gasteiger partial charge in [-0.15, -0.1) is 5.11 Å². The average molecular weight is 995 g/mol. The van der Waals surface area contributed by atoms with E-state index in [4.69, 9.17) is 4.55 Å². The van der Waals surface area contributed by atoms with E-state index in [1.54, 1.807) is 19.1 Å². The fourth-order valence-electron chi connectivity index (χ4n) is 5.53. The van der Waals surface area contributed by atoms with Crippen LogP contribution in [0.2, 0.25) is 0 Å². The molecule has 0 saturated heterocycles. The van der Waals surface area contributed by atoms with Crippen molar-refractivity contribution in [2.75, 3.05) is 41.5 Å². The number of anilines is 5. The molecule has 6 aromatic rings. The van der Waals surface area contributed by atoms with E-state index in [1.165, 1.54) is 43.2 Å². The van der Waals surface area contributed by atoms with Crippen molar-refractivity contribution in [1.82, 2.24) is 15.0 Å². The quantitative estimate of drug-likeness (QED) is 0.0365. The van der Waals surface area contributed by atoms with E-state index in [0.717, 1.165) is 22.4 Å². The molecule has 0 unspecified atom stereocenters. The zero-order chi connectivity index (χ0) is 50.5. The number of aliphatic hydroxyl groups is 1. The van der Waals surface area contributed by atoms with Crippen LogP contribution in [0.3, 0.4) is 0 Å². The second kappa shape index (κ2) is 26.9. The lowest BCUT2D eigenvalue weighted by atomic mass is 10.1. The van der Waals surface area contributed by atoms with Gasteiger partial charge in [0.25, 0.3) is 10.1 Å². The summed E-state index contributed by atoms with van der Waals surface area (Å²) in [4.78, 5) is 12.4. The summed E-state index contributed by atoms with van der Waals surface area (Å²) in [6.07, 6.45) is 2.50. The molecular weight excluding hydrogens is 937 g/mol. The summed E-state index contributed by atoms with van der Waals surface area (Å²) < 4.78 is 94.4. The maximum Gasteiger partial charge on any atom is 0.397 e. The van der Waals surface area contributed by atoms with E-state index >= 15 is 0 Å². The number of hydrogen-bond donors (Lipinski definition) is 6. The molecule has 0 aliphatic carbocycles. The van der Waals surface area contributed by atoms with E-state index in [2.05, 4.69) is 83.2 Å². The minimum absolute atomic E-state index is 0.000715. The van der Waals surface area contributed by atoms with E-state index in [9.17, 15) is 34.9 Å². The van der Waals surface area contributed by atoms with Crippen LogP contribution in [0.4, 0.5) is 51.7 Å². The van der Waals surface area contributed by atoms with Crippen molar-refractivity contribution in [1.29, 1.82) is 0 Å². The maximum atomic E-state index is 12.6. The summed E-state index contributed by atoms with van der Waals surface area (Å²) in [6.45, 7) is 14.7. The van der Waals surface area contributed by atoms with Crippen molar-refractivity contribution in [3.63, 3.8) is 0 Å². The molecule has 0 bridgehead atoms. The van der Waals surface area contributed by atoms with Crippen molar-refractivity contribution in [2.45, 2.75) is 78.0 Å². The first kappa shape index (κ1) is 56.0. The largest absolute Gasteiger partial charge is 0.397 e. The molecule has 0 radical (unpaired) electrons. The van der Waals surface area contributed by atoms with Gasteiger partial charge in [0.05, 0.1) is 52.3 Å². The molecule has 6 rings (SSSR count). The molecule has 68 heavy (non-hydrogen) atoms. The predicted molar refractivity (Wildman–Crippen MR) is 266 cm³/mol. The van der Waals surface area contributed by atoms with E-state index in [0.29, 0.717) is 22.9 Å². The number of fused-ring (bicyclic) bond motifs is 1. The first-order valence-corrected chi connectivity index (χ1v) is 25.9. The zero-order valence-electron chi connectivity index (χ0n) is 39.0. The lowest BCUT2D eigenvalue weighted by molar-refractivity contribution is 0.284. The van der Waals surface area contributed by atoms with Gasteiger partial charge in [0, 0.05) is 12.2 Å². The number of sulfone groups is 1. The second-order valence-corrected chi connectivity index (χ2v) is 18.8. The first-order chi connectivity index (χ1) is 32.3. The average Bonchev–Trinajstić information content (AvgIpc) is 3.28. The summed E-state index contributed by atoms with van der Waals surface area (Å²) in [7, 11) is -13.7. The zero-order valence-corrected chi connectivity index (χ0v) is 41.5. The molecule has 1 heterocycles. The van der Waals surface area contributed by atoms with Crippen LogP contribution in [0.1, 0.15) is 65.8 Å². The van der Waals surface area contributed by atoms with Crippen molar-refractivity contribution in [2.24, 2.45) is 20.5 Å². The molecule has 0 saturated carbocycles. The Bertz CT molecular complexity index is 2990. The minimum atomic E-state index is -4.85. The van der Waals surface area contributed by atoms with Crippen molar-refractivity contribution in [3.05, 3.63) is 108 Å². The van der Waals surface area contributed by atoms with Gasteiger partial charge in [0.2, 0.25) is 11.9 Å². The van der Waals surface area contributed by atoms with Gasteiger partial charge in [0.15, 0.2) is 9.84 Å². The molecular formula is C45H58N10O10S3. The standard InChI is InChI=1S/C37H36N10O10S3.2C3H8.C2H6/c1-23-19-28(11-14-31(23)46-45-29-8-7-25-5-3-4-6-26(25)20-29)41-36-39-24(2)40-37(43-36)42-32-21-34(38-15-16-48)35(59(51,52)53)22-33(32)47-44-27-9-12-30(13-10-27)58(49,50)18-17-57-60(54,55)56;2*1-3-2;1-2/h3-14,19-22,38,48H,15-18H2,1-2H3,(H,51,52,53)(H,54,55,56)(H2,39,40,41,42,43);2*3H2,1-2H3;1-2H3. The predicted octanol–water partition coefficient (Wildman–Crippen LogP) is 11.1. The van der Waals surface area contributed by atoms with E-state index in [1.807, 2.05) is 69.3 Å². The van der Waals surface area contributed by atoms with Gasteiger partial charge in [-0.2, -0.15) is 47.1 Å². The molecule has 0 amide bonds. The molecule has 6 N–H and O–H groups in total. The molecule has 20 nitrogen and oxygen atoms in total. The Morgan fingerprint density at radius 2 is 1.22 bits per heavy atom. The summed E-state index contributed by atoms with van der Waals surface area (Å²) in [5, 5.41) is 37.5. The lowest BCUT2D eigenvalue weighted by Gasteiger charge is -2.15. The van der Waals surface area contributed by atoms with Crippen molar-refractivity contribution in [3.8, 4) is 0 Å². The molecule has 5 aromatic carbocycles. The third-order valence-corrected chi connectivity index (χ3v) is 11.4. The van der Waals surface area contributed by atoms with Crippen molar-refractivity contribution < 1.29 is 43.6 Å². The Balaban J connectivity index is 0.00000144. The highest BCUT2D eigenvalue weighted by Gasteiger charge is 2.21. The molecule has 0 aliphatic rings. The number of aryl methyl sites for hydroxylation is 2. The van der Waals surface area contributed by atoms with Gasteiger partial charge >= 0.3 is 10.4 Å². The lowest BCUT2D eigenvalue weighted by Crippen LogP contribution is -2.15. The summed E-state index contributed by atoms with van der Waals surface area (Å²) in [5.41, 5.74) is 2.77. The topological polar surface area (TPSA) is 297 Å². The van der Waals surface area contributed by atoms with Gasteiger partial charge in [0.1, 0.15) is 16.4 Å². The van der Waals surface area contributed by atoms with Crippen LogP contribution >= 0.6 is 0 Å². The van der Waals surface area contributed by atoms with Crippen LogP contribution in [-0.2, 0) is 34.5 Å². The third kappa shape index (κ3) is 18.0. The maximum absolute atomic E-state index is 12.6. The van der Waals surface area contributed by atoms with Crippen LogP contribution in [0.15, 0.2) is 127 Å². The fourth-order valence-corrected chi connectivity index (χ4v) is 7.69. The number of hydrogen-bond acceptors (Lipinski definition) is 18. The highest BCUT2D eigenvalue weighted by atomic mass is 32.3. The summed E-state index contributed by atoms with van der Waals surface area (Å²) in [5.74, 6) is -0.314. The Labute approximate surface area is 398 Å². The van der Waals surface area contributed by atoms with E-state index in [-0.39, 0.29) is 52.7 Å². The summed E-state index contributed by atoms with van der Waals surface area (Å²) >= 11 is 0. The number of rotatable bonds is 17. The van der Waals surface area contributed by atoms with Gasteiger partial charge in [-0.05, 0) is 96.9 Å². The van der Waals surface area contributed by atoms with Crippen LogP contribution < -0.4 is 16.0 Å². The normalized spacial score (nSPS) is 11.5. The minimum Gasteiger partial charge on any atom is -0.395 e. The summed E-state index contributed by atoms with van der Waals surface area (Å²) in [6, 6.07) is 26.4. The third-order valence-electron chi connectivity index (χ3n) is 8.31. The Hall–Kier alpha value is -6.34.